The van der Waals surface area contributed by atoms with Crippen LogP contribution in [-0.2, 0) is 17.8 Å². The van der Waals surface area contributed by atoms with Crippen molar-refractivity contribution in [3.8, 4) is 5.75 Å². The predicted octanol–water partition coefficient (Wildman–Crippen LogP) is 3.38. The van der Waals surface area contributed by atoms with Crippen LogP contribution in [0.25, 0.3) is 0 Å². The molecule has 1 aromatic carbocycles. The standard InChI is InChI=1S/C17H24N4O2S/c1-4-11-21-15(5-2)19-20-17(21)24-12-16(22)18-13-9-7-8-10-14(13)23-6-3/h7-10H,4-6,11-12H2,1-3H3,(H,18,22). The topological polar surface area (TPSA) is 69.0 Å². The van der Waals surface area contributed by atoms with Crippen LogP contribution in [0.4, 0.5) is 5.69 Å². The molecule has 1 heterocycles. The van der Waals surface area contributed by atoms with E-state index in [0.717, 1.165) is 30.4 Å². The monoisotopic (exact) mass is 348 g/mol. The Morgan fingerprint density at radius 3 is 2.75 bits per heavy atom. The minimum atomic E-state index is -0.0868. The fraction of sp³-hybridized carbons (Fsp3) is 0.471. The Kier molecular flexibility index (Phi) is 7.11. The van der Waals surface area contributed by atoms with Gasteiger partial charge in [-0.2, -0.15) is 0 Å². The SMILES string of the molecule is CCCn1c(CC)nnc1SCC(=O)Nc1ccccc1OCC. The lowest BCUT2D eigenvalue weighted by Gasteiger charge is -2.11. The number of hydrogen-bond donors (Lipinski definition) is 1. The highest BCUT2D eigenvalue weighted by atomic mass is 32.2. The number of nitrogens with zero attached hydrogens (tertiary/aromatic N) is 3. The summed E-state index contributed by atoms with van der Waals surface area (Å²) < 4.78 is 7.61. The molecular formula is C17H24N4O2S. The molecule has 0 aliphatic carbocycles. The predicted molar refractivity (Wildman–Crippen MR) is 96.7 cm³/mol. The molecule has 0 saturated carbocycles. The van der Waals surface area contributed by atoms with Gasteiger partial charge < -0.3 is 14.6 Å². The van der Waals surface area contributed by atoms with Crippen LogP contribution in [0.3, 0.4) is 0 Å². The second-order valence-corrected chi connectivity index (χ2v) is 6.11. The number of para-hydroxylation sites is 2. The van der Waals surface area contributed by atoms with Crippen molar-refractivity contribution in [1.29, 1.82) is 0 Å². The lowest BCUT2D eigenvalue weighted by atomic mass is 10.3. The Morgan fingerprint density at radius 1 is 1.25 bits per heavy atom. The first-order valence-corrected chi connectivity index (χ1v) is 9.24. The van der Waals surface area contributed by atoms with Crippen LogP contribution in [0.5, 0.6) is 5.75 Å². The number of hydrogen-bond acceptors (Lipinski definition) is 5. The number of carbonyl (C=O) groups excluding carboxylic acids is 1. The molecule has 0 radical (unpaired) electrons. The lowest BCUT2D eigenvalue weighted by molar-refractivity contribution is -0.113. The van der Waals surface area contributed by atoms with Crippen LogP contribution in [0.2, 0.25) is 0 Å². The number of carbonyl (C=O) groups is 1. The van der Waals surface area contributed by atoms with Crippen LogP contribution in [0.1, 0.15) is 33.0 Å². The molecule has 1 aromatic heterocycles. The van der Waals surface area contributed by atoms with Crippen molar-refractivity contribution < 1.29 is 9.53 Å². The Hall–Kier alpha value is -2.02. The minimum absolute atomic E-state index is 0.0868. The van der Waals surface area contributed by atoms with Gasteiger partial charge in [0.05, 0.1) is 18.0 Å². The van der Waals surface area contributed by atoms with E-state index in [2.05, 4.69) is 33.9 Å². The maximum Gasteiger partial charge on any atom is 0.234 e. The summed E-state index contributed by atoms with van der Waals surface area (Å²) in [5.41, 5.74) is 0.689. The van der Waals surface area contributed by atoms with Gasteiger partial charge in [-0.1, -0.05) is 37.7 Å². The van der Waals surface area contributed by atoms with Gasteiger partial charge in [-0.05, 0) is 25.5 Å². The summed E-state index contributed by atoms with van der Waals surface area (Å²) in [6, 6.07) is 7.44. The van der Waals surface area contributed by atoms with Gasteiger partial charge in [0.2, 0.25) is 5.91 Å². The van der Waals surface area contributed by atoms with E-state index in [-0.39, 0.29) is 11.7 Å². The normalized spacial score (nSPS) is 10.6. The van der Waals surface area contributed by atoms with Crippen molar-refractivity contribution >= 4 is 23.4 Å². The number of anilines is 1. The van der Waals surface area contributed by atoms with Crippen molar-refractivity contribution in [1.82, 2.24) is 14.8 Å². The van der Waals surface area contributed by atoms with E-state index in [4.69, 9.17) is 4.74 Å². The third-order valence-electron chi connectivity index (χ3n) is 3.35. The molecule has 0 saturated heterocycles. The third kappa shape index (κ3) is 4.74. The molecule has 6 nitrogen and oxygen atoms in total. The van der Waals surface area contributed by atoms with E-state index in [1.54, 1.807) is 0 Å². The van der Waals surface area contributed by atoms with Gasteiger partial charge in [0.25, 0.3) is 0 Å². The fourth-order valence-electron chi connectivity index (χ4n) is 2.30. The van der Waals surface area contributed by atoms with Crippen LogP contribution < -0.4 is 10.1 Å². The molecule has 0 aliphatic heterocycles. The second kappa shape index (κ2) is 9.32. The number of rotatable bonds is 9. The number of amides is 1. The lowest BCUT2D eigenvalue weighted by Crippen LogP contribution is -2.15. The largest absolute Gasteiger partial charge is 0.492 e. The maximum absolute atomic E-state index is 12.2. The number of nitrogens with one attached hydrogen (secondary N) is 1. The maximum atomic E-state index is 12.2. The van der Waals surface area contributed by atoms with Gasteiger partial charge in [-0.3, -0.25) is 4.79 Å². The summed E-state index contributed by atoms with van der Waals surface area (Å²) in [7, 11) is 0. The molecule has 7 heteroatoms. The summed E-state index contributed by atoms with van der Waals surface area (Å²) >= 11 is 1.41. The molecule has 0 unspecified atom stereocenters. The third-order valence-corrected chi connectivity index (χ3v) is 4.32. The van der Waals surface area contributed by atoms with Gasteiger partial charge in [-0.25, -0.2) is 0 Å². The number of ether oxygens (including phenoxy) is 1. The van der Waals surface area contributed by atoms with Crippen molar-refractivity contribution in [3.05, 3.63) is 30.1 Å². The Balaban J connectivity index is 1.98. The van der Waals surface area contributed by atoms with Gasteiger partial charge in [-0.15, -0.1) is 10.2 Å². The highest BCUT2D eigenvalue weighted by Crippen LogP contribution is 2.24. The van der Waals surface area contributed by atoms with Crippen LogP contribution in [-0.4, -0.2) is 33.0 Å². The Bertz CT molecular complexity index is 672. The first-order valence-electron chi connectivity index (χ1n) is 8.26. The molecular weight excluding hydrogens is 324 g/mol. The molecule has 1 N–H and O–H groups in total. The highest BCUT2D eigenvalue weighted by molar-refractivity contribution is 7.99. The molecule has 2 aromatic rings. The summed E-state index contributed by atoms with van der Waals surface area (Å²) in [5.74, 6) is 1.84. The fourth-order valence-corrected chi connectivity index (χ4v) is 3.09. The molecule has 0 aliphatic rings. The first-order chi connectivity index (χ1) is 11.7. The van der Waals surface area contributed by atoms with Crippen molar-refractivity contribution in [2.45, 2.75) is 45.3 Å². The van der Waals surface area contributed by atoms with Crippen molar-refractivity contribution in [3.63, 3.8) is 0 Å². The summed E-state index contributed by atoms with van der Waals surface area (Å²) in [5, 5.41) is 12.1. The highest BCUT2D eigenvalue weighted by Gasteiger charge is 2.13. The number of benzene rings is 1. The number of aryl methyl sites for hydroxylation is 1. The van der Waals surface area contributed by atoms with Gasteiger partial charge in [0.15, 0.2) is 5.16 Å². The average Bonchev–Trinajstić information content (AvgIpc) is 2.97. The van der Waals surface area contributed by atoms with Crippen LogP contribution in [0, 0.1) is 0 Å². The number of aromatic nitrogens is 3. The molecule has 0 atom stereocenters. The average molecular weight is 348 g/mol. The summed E-state index contributed by atoms with van der Waals surface area (Å²) in [6.45, 7) is 7.52. The molecule has 24 heavy (non-hydrogen) atoms. The van der Waals surface area contributed by atoms with Crippen LogP contribution >= 0.6 is 11.8 Å². The van der Waals surface area contributed by atoms with E-state index >= 15 is 0 Å². The van der Waals surface area contributed by atoms with E-state index in [1.165, 1.54) is 11.8 Å². The van der Waals surface area contributed by atoms with Gasteiger partial charge >= 0.3 is 0 Å². The van der Waals surface area contributed by atoms with E-state index in [9.17, 15) is 4.79 Å². The minimum Gasteiger partial charge on any atom is -0.492 e. The Labute approximate surface area is 147 Å². The quantitative estimate of drug-likeness (QED) is 0.704. The summed E-state index contributed by atoms with van der Waals surface area (Å²) in [4.78, 5) is 12.2. The smallest absolute Gasteiger partial charge is 0.234 e. The summed E-state index contributed by atoms with van der Waals surface area (Å²) in [6.07, 6.45) is 1.84. The van der Waals surface area contributed by atoms with E-state index in [1.807, 2.05) is 31.2 Å². The zero-order valence-electron chi connectivity index (χ0n) is 14.4. The molecule has 0 spiro atoms. The van der Waals surface area contributed by atoms with Crippen molar-refractivity contribution in [2.24, 2.45) is 0 Å². The van der Waals surface area contributed by atoms with Gasteiger partial charge in [0.1, 0.15) is 11.6 Å². The van der Waals surface area contributed by atoms with Gasteiger partial charge in [0, 0.05) is 13.0 Å². The molecule has 0 bridgehead atoms. The second-order valence-electron chi connectivity index (χ2n) is 5.17. The zero-order valence-corrected chi connectivity index (χ0v) is 15.2. The molecule has 0 fully saturated rings. The molecule has 2 rings (SSSR count). The first kappa shape index (κ1) is 18.3. The van der Waals surface area contributed by atoms with E-state index in [0.29, 0.717) is 18.0 Å². The van der Waals surface area contributed by atoms with Crippen LogP contribution in [0.15, 0.2) is 29.4 Å². The Morgan fingerprint density at radius 2 is 2.04 bits per heavy atom. The molecule has 130 valence electrons. The van der Waals surface area contributed by atoms with E-state index < -0.39 is 0 Å². The van der Waals surface area contributed by atoms with Crippen molar-refractivity contribution in [2.75, 3.05) is 17.7 Å². The number of thioether (sulfide) groups is 1. The molecule has 1 amide bonds. The zero-order chi connectivity index (χ0) is 17.4.